The van der Waals surface area contributed by atoms with Crippen LogP contribution in [-0.2, 0) is 18.6 Å². The van der Waals surface area contributed by atoms with Crippen molar-refractivity contribution < 1.29 is 17.9 Å². The highest BCUT2D eigenvalue weighted by Gasteiger charge is 2.17. The normalized spacial score (nSPS) is 11.4. The zero-order chi connectivity index (χ0) is 15.3. The van der Waals surface area contributed by atoms with E-state index in [0.29, 0.717) is 6.61 Å². The average Bonchev–Trinajstić information content (AvgIpc) is 2.32. The molecule has 0 bridgehead atoms. The largest absolute Gasteiger partial charge is 0.372 e. The molecule has 9 heteroatoms. The smallest absolute Gasteiger partial charge is 0.261 e. The Morgan fingerprint density at radius 2 is 1.85 bits per heavy atom. The van der Waals surface area contributed by atoms with Crippen LogP contribution < -0.4 is 5.32 Å². The molecule has 0 spiro atoms. The van der Waals surface area contributed by atoms with Gasteiger partial charge in [-0.15, -0.1) is 0 Å². The standard InChI is InChI=1S/C11H12Cl3NO4S/c1-2-3-19-6-10(16)15-11-8(12)4-7(5-9(11)13)20(14,17)18/h4-5H,2-3,6H2,1H3,(H,15,16). The summed E-state index contributed by atoms with van der Waals surface area (Å²) in [6, 6.07) is 2.22. The molecule has 1 N–H and O–H groups in total. The van der Waals surface area contributed by atoms with E-state index in [1.807, 2.05) is 6.92 Å². The highest BCUT2D eigenvalue weighted by atomic mass is 35.7. The van der Waals surface area contributed by atoms with Crippen molar-refractivity contribution in [2.45, 2.75) is 18.2 Å². The van der Waals surface area contributed by atoms with Crippen LogP contribution in [0.15, 0.2) is 17.0 Å². The summed E-state index contributed by atoms with van der Waals surface area (Å²) in [6.45, 7) is 2.23. The van der Waals surface area contributed by atoms with Gasteiger partial charge in [-0.1, -0.05) is 30.1 Å². The summed E-state index contributed by atoms with van der Waals surface area (Å²) in [7, 11) is 1.25. The summed E-state index contributed by atoms with van der Waals surface area (Å²) in [5.41, 5.74) is 0.113. The minimum absolute atomic E-state index is 0.0273. The monoisotopic (exact) mass is 359 g/mol. The van der Waals surface area contributed by atoms with Gasteiger partial charge in [-0.25, -0.2) is 8.42 Å². The van der Waals surface area contributed by atoms with Gasteiger partial charge in [0.15, 0.2) is 0 Å². The van der Waals surface area contributed by atoms with E-state index in [1.165, 1.54) is 0 Å². The molecule has 0 fully saturated rings. The van der Waals surface area contributed by atoms with E-state index in [9.17, 15) is 13.2 Å². The van der Waals surface area contributed by atoms with E-state index < -0.39 is 15.0 Å². The molecule has 0 saturated heterocycles. The first-order valence-electron chi connectivity index (χ1n) is 5.57. The third kappa shape index (κ3) is 5.10. The second kappa shape index (κ2) is 7.47. The Bertz CT molecular complexity index is 581. The summed E-state index contributed by atoms with van der Waals surface area (Å²) in [5, 5.41) is 2.40. The van der Waals surface area contributed by atoms with Crippen molar-refractivity contribution in [3.05, 3.63) is 22.2 Å². The second-order valence-corrected chi connectivity index (χ2v) is 7.18. The van der Waals surface area contributed by atoms with Gasteiger partial charge in [-0.05, 0) is 18.6 Å². The summed E-state index contributed by atoms with van der Waals surface area (Å²) < 4.78 is 27.4. The SMILES string of the molecule is CCCOCC(=O)Nc1c(Cl)cc(S(=O)(=O)Cl)cc1Cl. The Labute approximate surface area is 131 Å². The number of hydrogen-bond donors (Lipinski definition) is 1. The minimum Gasteiger partial charge on any atom is -0.372 e. The fourth-order valence-electron chi connectivity index (χ4n) is 1.29. The molecular formula is C11H12Cl3NO4S. The van der Waals surface area contributed by atoms with Gasteiger partial charge >= 0.3 is 0 Å². The van der Waals surface area contributed by atoms with Crippen LogP contribution in [0, 0.1) is 0 Å². The quantitative estimate of drug-likeness (QED) is 0.624. The zero-order valence-corrected chi connectivity index (χ0v) is 13.5. The Hall–Kier alpha value is -0.530. The molecule has 0 saturated carbocycles. The Morgan fingerprint density at radius 3 is 2.30 bits per heavy atom. The lowest BCUT2D eigenvalue weighted by atomic mass is 10.3. The molecule has 0 aliphatic rings. The van der Waals surface area contributed by atoms with Crippen molar-refractivity contribution >= 4 is 54.5 Å². The molecular weight excluding hydrogens is 349 g/mol. The molecule has 0 heterocycles. The lowest BCUT2D eigenvalue weighted by Crippen LogP contribution is -2.19. The number of hydrogen-bond acceptors (Lipinski definition) is 4. The molecule has 1 rings (SSSR count). The molecule has 112 valence electrons. The lowest BCUT2D eigenvalue weighted by molar-refractivity contribution is -0.120. The average molecular weight is 361 g/mol. The third-order valence-electron chi connectivity index (χ3n) is 2.14. The maximum absolute atomic E-state index is 11.6. The van der Waals surface area contributed by atoms with Gasteiger partial charge in [0.25, 0.3) is 9.05 Å². The molecule has 0 radical (unpaired) electrons. The first kappa shape index (κ1) is 17.5. The number of amides is 1. The second-order valence-electron chi connectivity index (χ2n) is 3.80. The Balaban J connectivity index is 2.90. The van der Waals surface area contributed by atoms with Crippen LogP contribution in [0.25, 0.3) is 0 Å². The van der Waals surface area contributed by atoms with Crippen LogP contribution in [0.2, 0.25) is 10.0 Å². The molecule has 0 aliphatic heterocycles. The van der Waals surface area contributed by atoms with Gasteiger partial charge in [0.05, 0.1) is 20.6 Å². The summed E-state index contributed by atoms with van der Waals surface area (Å²) in [6.07, 6.45) is 0.789. The van der Waals surface area contributed by atoms with Crippen LogP contribution in [0.5, 0.6) is 0 Å². The number of anilines is 1. The summed E-state index contributed by atoms with van der Waals surface area (Å²) >= 11 is 11.8. The number of carbonyl (C=O) groups is 1. The maximum atomic E-state index is 11.6. The zero-order valence-electron chi connectivity index (χ0n) is 10.5. The van der Waals surface area contributed by atoms with Gasteiger partial charge < -0.3 is 10.1 Å². The van der Waals surface area contributed by atoms with Crippen molar-refractivity contribution in [1.29, 1.82) is 0 Å². The fraction of sp³-hybridized carbons (Fsp3) is 0.364. The summed E-state index contributed by atoms with van der Waals surface area (Å²) in [5.74, 6) is -0.441. The van der Waals surface area contributed by atoms with Crippen LogP contribution >= 0.6 is 33.9 Å². The Morgan fingerprint density at radius 1 is 1.30 bits per heavy atom. The number of benzene rings is 1. The van der Waals surface area contributed by atoms with Gasteiger partial charge in [-0.3, -0.25) is 4.79 Å². The third-order valence-corrected chi connectivity index (χ3v) is 4.07. The molecule has 1 aromatic carbocycles. The highest BCUT2D eigenvalue weighted by Crippen LogP contribution is 2.34. The number of carbonyl (C=O) groups excluding carboxylic acids is 1. The fourth-order valence-corrected chi connectivity index (χ4v) is 2.79. The van der Waals surface area contributed by atoms with E-state index in [0.717, 1.165) is 18.6 Å². The molecule has 5 nitrogen and oxygen atoms in total. The van der Waals surface area contributed by atoms with Crippen molar-refractivity contribution in [2.24, 2.45) is 0 Å². The van der Waals surface area contributed by atoms with Crippen molar-refractivity contribution in [3.8, 4) is 0 Å². The van der Waals surface area contributed by atoms with E-state index >= 15 is 0 Å². The molecule has 1 amide bonds. The topological polar surface area (TPSA) is 72.5 Å². The number of nitrogens with one attached hydrogen (secondary N) is 1. The molecule has 0 atom stereocenters. The van der Waals surface area contributed by atoms with Gasteiger partial charge in [-0.2, -0.15) is 0 Å². The van der Waals surface area contributed by atoms with Crippen molar-refractivity contribution in [3.63, 3.8) is 0 Å². The van der Waals surface area contributed by atoms with E-state index in [4.69, 9.17) is 38.6 Å². The predicted octanol–water partition coefficient (Wildman–Crippen LogP) is 3.29. The van der Waals surface area contributed by atoms with Crippen LogP contribution in [0.1, 0.15) is 13.3 Å². The maximum Gasteiger partial charge on any atom is 0.261 e. The number of halogens is 3. The predicted molar refractivity (Wildman–Crippen MR) is 79.2 cm³/mol. The molecule has 20 heavy (non-hydrogen) atoms. The molecule has 1 aromatic rings. The molecule has 0 aromatic heterocycles. The Kier molecular flexibility index (Phi) is 6.54. The van der Waals surface area contributed by atoms with E-state index in [2.05, 4.69) is 5.32 Å². The lowest BCUT2D eigenvalue weighted by Gasteiger charge is -2.10. The van der Waals surface area contributed by atoms with Gasteiger partial charge in [0.2, 0.25) is 5.91 Å². The van der Waals surface area contributed by atoms with Gasteiger partial charge in [0, 0.05) is 17.3 Å². The van der Waals surface area contributed by atoms with E-state index in [-0.39, 0.29) is 27.2 Å². The minimum atomic E-state index is -3.94. The van der Waals surface area contributed by atoms with Crippen molar-refractivity contribution in [2.75, 3.05) is 18.5 Å². The molecule has 0 aliphatic carbocycles. The van der Waals surface area contributed by atoms with Crippen LogP contribution in [0.4, 0.5) is 5.69 Å². The number of ether oxygens (including phenoxy) is 1. The van der Waals surface area contributed by atoms with Crippen LogP contribution in [-0.4, -0.2) is 27.5 Å². The first-order valence-corrected chi connectivity index (χ1v) is 8.63. The van der Waals surface area contributed by atoms with Gasteiger partial charge in [0.1, 0.15) is 6.61 Å². The number of rotatable bonds is 6. The highest BCUT2D eigenvalue weighted by molar-refractivity contribution is 8.13. The van der Waals surface area contributed by atoms with Crippen molar-refractivity contribution in [1.82, 2.24) is 0 Å². The first-order chi connectivity index (χ1) is 9.25. The van der Waals surface area contributed by atoms with Crippen LogP contribution in [0.3, 0.4) is 0 Å². The molecule has 0 unspecified atom stereocenters. The van der Waals surface area contributed by atoms with E-state index in [1.54, 1.807) is 0 Å². The summed E-state index contributed by atoms with van der Waals surface area (Å²) in [4.78, 5) is 11.3.